The van der Waals surface area contributed by atoms with E-state index < -0.39 is 5.97 Å². The number of hydrogen-bond acceptors (Lipinski definition) is 5. The van der Waals surface area contributed by atoms with Gasteiger partial charge in [0.1, 0.15) is 6.54 Å². The minimum absolute atomic E-state index is 0.0258. The van der Waals surface area contributed by atoms with Crippen LogP contribution in [0.5, 0.6) is 0 Å². The highest BCUT2D eigenvalue weighted by Crippen LogP contribution is 2.10. The summed E-state index contributed by atoms with van der Waals surface area (Å²) < 4.78 is 5.58. The lowest BCUT2D eigenvalue weighted by Crippen LogP contribution is -2.51. The second-order valence-electron chi connectivity index (χ2n) is 5.66. The van der Waals surface area contributed by atoms with Gasteiger partial charge in [0.15, 0.2) is 0 Å². The van der Waals surface area contributed by atoms with Gasteiger partial charge in [-0.2, -0.15) is 0 Å². The number of rotatable bonds is 6. The summed E-state index contributed by atoms with van der Waals surface area (Å²) in [6.07, 6.45) is 3.17. The first-order valence-corrected chi connectivity index (χ1v) is 7.71. The van der Waals surface area contributed by atoms with Crippen LogP contribution in [-0.2, 0) is 25.5 Å². The van der Waals surface area contributed by atoms with Gasteiger partial charge in [-0.05, 0) is 17.7 Å². The van der Waals surface area contributed by atoms with Crippen molar-refractivity contribution >= 4 is 17.8 Å². The maximum absolute atomic E-state index is 12.4. The molecule has 1 fully saturated rings. The maximum atomic E-state index is 12.4. The average molecular weight is 335 g/mol. The number of aromatic nitrogens is 1. The largest absolute Gasteiger partial charge is 0.480 e. The molecule has 0 aromatic carbocycles. The molecule has 1 aromatic rings. The van der Waals surface area contributed by atoms with E-state index in [1.165, 1.54) is 11.8 Å². The zero-order valence-corrected chi connectivity index (χ0v) is 13.6. The van der Waals surface area contributed by atoms with E-state index in [2.05, 4.69) is 4.98 Å². The van der Waals surface area contributed by atoms with Gasteiger partial charge in [0.2, 0.25) is 11.8 Å². The quantitative estimate of drug-likeness (QED) is 0.772. The highest BCUT2D eigenvalue weighted by Gasteiger charge is 2.27. The van der Waals surface area contributed by atoms with Crippen LogP contribution >= 0.6 is 0 Å². The lowest BCUT2D eigenvalue weighted by Gasteiger charge is -2.35. The van der Waals surface area contributed by atoms with Gasteiger partial charge < -0.3 is 19.6 Å². The van der Waals surface area contributed by atoms with E-state index in [1.807, 2.05) is 0 Å². The summed E-state index contributed by atoms with van der Waals surface area (Å²) in [6, 6.07) is 3.58. The average Bonchev–Trinajstić information content (AvgIpc) is 2.55. The molecule has 1 aromatic heterocycles. The van der Waals surface area contributed by atoms with Crippen molar-refractivity contribution in [2.24, 2.45) is 0 Å². The predicted molar refractivity (Wildman–Crippen MR) is 84.2 cm³/mol. The fourth-order valence-corrected chi connectivity index (χ4v) is 2.56. The first-order chi connectivity index (χ1) is 11.5. The van der Waals surface area contributed by atoms with Gasteiger partial charge >= 0.3 is 5.97 Å². The highest BCUT2D eigenvalue weighted by molar-refractivity contribution is 5.80. The van der Waals surface area contributed by atoms with Crippen molar-refractivity contribution in [1.29, 1.82) is 0 Å². The Bertz CT molecular complexity index is 593. The number of hydrogen-bond donors (Lipinski definition) is 1. The molecule has 0 radical (unpaired) electrons. The van der Waals surface area contributed by atoms with E-state index in [4.69, 9.17) is 9.84 Å². The molecule has 24 heavy (non-hydrogen) atoms. The molecule has 8 heteroatoms. The van der Waals surface area contributed by atoms with E-state index in [-0.39, 0.29) is 37.4 Å². The molecular weight excluding hydrogens is 314 g/mol. The summed E-state index contributed by atoms with van der Waals surface area (Å²) in [5, 5.41) is 8.86. The molecule has 8 nitrogen and oxygen atoms in total. The Morgan fingerprint density at radius 3 is 2.71 bits per heavy atom. The van der Waals surface area contributed by atoms with Crippen LogP contribution in [0.4, 0.5) is 0 Å². The molecule has 0 aliphatic carbocycles. The molecule has 1 aliphatic rings. The van der Waals surface area contributed by atoms with Gasteiger partial charge in [0.25, 0.3) is 0 Å². The number of aliphatic carboxylic acids is 1. The molecule has 0 spiro atoms. The van der Waals surface area contributed by atoms with Crippen LogP contribution < -0.4 is 0 Å². The van der Waals surface area contributed by atoms with Gasteiger partial charge in [-0.25, -0.2) is 0 Å². The molecule has 2 heterocycles. The normalized spacial score (nSPS) is 17.4. The molecule has 130 valence electrons. The van der Waals surface area contributed by atoms with Crippen molar-refractivity contribution < 1.29 is 24.2 Å². The lowest BCUT2D eigenvalue weighted by molar-refractivity contribution is -0.147. The fourth-order valence-electron chi connectivity index (χ4n) is 2.56. The van der Waals surface area contributed by atoms with E-state index in [1.54, 1.807) is 29.4 Å². The third-order valence-corrected chi connectivity index (χ3v) is 3.79. The lowest BCUT2D eigenvalue weighted by atomic mass is 10.1. The molecule has 1 unspecified atom stereocenters. The molecule has 1 saturated heterocycles. The molecule has 1 atom stereocenters. The Labute approximate surface area is 140 Å². The summed E-state index contributed by atoms with van der Waals surface area (Å²) in [7, 11) is 0. The van der Waals surface area contributed by atoms with Crippen LogP contribution in [0, 0.1) is 0 Å². The Morgan fingerprint density at radius 2 is 2.08 bits per heavy atom. The summed E-state index contributed by atoms with van der Waals surface area (Å²) in [4.78, 5) is 41.6. The SMILES string of the molecule is CC(=O)N(CC(=O)O)CC1CN(C(=O)Cc2ccncc2)CCO1. The van der Waals surface area contributed by atoms with Crippen molar-refractivity contribution in [2.75, 3.05) is 32.8 Å². The highest BCUT2D eigenvalue weighted by atomic mass is 16.5. The second-order valence-corrected chi connectivity index (χ2v) is 5.66. The summed E-state index contributed by atoms with van der Waals surface area (Å²) in [5.41, 5.74) is 0.884. The summed E-state index contributed by atoms with van der Waals surface area (Å²) >= 11 is 0. The fraction of sp³-hybridized carbons (Fsp3) is 0.500. The van der Waals surface area contributed by atoms with Gasteiger partial charge in [0.05, 0.1) is 19.1 Å². The van der Waals surface area contributed by atoms with E-state index in [0.717, 1.165) is 5.56 Å². The van der Waals surface area contributed by atoms with Crippen LogP contribution in [0.2, 0.25) is 0 Å². The Hall–Kier alpha value is -2.48. The molecule has 0 bridgehead atoms. The number of carbonyl (C=O) groups is 3. The van der Waals surface area contributed by atoms with Gasteiger partial charge in [-0.15, -0.1) is 0 Å². The van der Waals surface area contributed by atoms with Crippen LogP contribution in [0.1, 0.15) is 12.5 Å². The van der Waals surface area contributed by atoms with Crippen molar-refractivity contribution in [1.82, 2.24) is 14.8 Å². The number of ether oxygens (including phenoxy) is 1. The third-order valence-electron chi connectivity index (χ3n) is 3.79. The maximum Gasteiger partial charge on any atom is 0.323 e. The number of nitrogens with zero attached hydrogens (tertiary/aromatic N) is 3. The van der Waals surface area contributed by atoms with E-state index in [9.17, 15) is 14.4 Å². The molecule has 1 N–H and O–H groups in total. The van der Waals surface area contributed by atoms with Crippen LogP contribution in [-0.4, -0.2) is 76.6 Å². The minimum atomic E-state index is -1.08. The zero-order valence-electron chi connectivity index (χ0n) is 13.6. The van der Waals surface area contributed by atoms with Crippen molar-refractivity contribution in [3.05, 3.63) is 30.1 Å². The number of carbonyl (C=O) groups excluding carboxylic acids is 2. The second kappa shape index (κ2) is 8.39. The molecule has 0 saturated carbocycles. The number of carboxylic acid groups (broad SMARTS) is 1. The predicted octanol–water partition coefficient (Wildman–Crippen LogP) is -0.215. The Kier molecular flexibility index (Phi) is 6.25. The first-order valence-electron chi connectivity index (χ1n) is 7.71. The summed E-state index contributed by atoms with van der Waals surface area (Å²) in [5.74, 6) is -1.44. The number of morpholine rings is 1. The molecular formula is C16H21N3O5. The molecule has 1 aliphatic heterocycles. The molecule has 2 amide bonds. The standard InChI is InChI=1S/C16H21N3O5/c1-12(20)19(11-16(22)23)10-14-9-18(6-7-24-14)15(21)8-13-2-4-17-5-3-13/h2-5,14H,6-11H2,1H3,(H,22,23). The van der Waals surface area contributed by atoms with Crippen molar-refractivity contribution in [2.45, 2.75) is 19.4 Å². The number of amides is 2. The Morgan fingerprint density at radius 1 is 1.38 bits per heavy atom. The van der Waals surface area contributed by atoms with Crippen LogP contribution in [0.15, 0.2) is 24.5 Å². The Balaban J connectivity index is 1.91. The number of carboxylic acids is 1. The topological polar surface area (TPSA) is 100 Å². The molecule has 2 rings (SSSR count). The minimum Gasteiger partial charge on any atom is -0.480 e. The van der Waals surface area contributed by atoms with E-state index in [0.29, 0.717) is 19.7 Å². The monoisotopic (exact) mass is 335 g/mol. The van der Waals surface area contributed by atoms with Crippen molar-refractivity contribution in [3.8, 4) is 0 Å². The van der Waals surface area contributed by atoms with Crippen LogP contribution in [0.3, 0.4) is 0 Å². The van der Waals surface area contributed by atoms with Gasteiger partial charge in [-0.1, -0.05) is 0 Å². The van der Waals surface area contributed by atoms with Crippen molar-refractivity contribution in [3.63, 3.8) is 0 Å². The number of pyridine rings is 1. The first kappa shape index (κ1) is 17.9. The van der Waals surface area contributed by atoms with Crippen LogP contribution in [0.25, 0.3) is 0 Å². The summed E-state index contributed by atoms with van der Waals surface area (Å²) in [6.45, 7) is 2.29. The zero-order chi connectivity index (χ0) is 17.5. The van der Waals surface area contributed by atoms with E-state index >= 15 is 0 Å². The van der Waals surface area contributed by atoms with Gasteiger partial charge in [0, 0.05) is 39.0 Å². The third kappa shape index (κ3) is 5.31. The smallest absolute Gasteiger partial charge is 0.323 e. The van der Waals surface area contributed by atoms with Gasteiger partial charge in [-0.3, -0.25) is 19.4 Å².